The van der Waals surface area contributed by atoms with Gasteiger partial charge in [0, 0.05) is 12.4 Å². The van der Waals surface area contributed by atoms with Crippen LogP contribution in [0.5, 0.6) is 23.0 Å². The normalized spacial score (nSPS) is 17.6. The SMILES string of the molecule is COc1ccc(C2=C(c3ccc(OC)cc3)N3C=CC(=CC=C4C=CN5C(=C4)C(=O)C(c4ccc(OC)cc4)=C5c4ccc(OC)cc4)C=C3C2=O)cc1. The second kappa shape index (κ2) is 14.2. The number of nitrogens with zero attached hydrogens (tertiary/aromatic N) is 2. The van der Waals surface area contributed by atoms with E-state index in [0.717, 1.165) is 56.3 Å². The Kier molecular flexibility index (Phi) is 8.93. The van der Waals surface area contributed by atoms with Gasteiger partial charge in [0.05, 0.1) is 62.4 Å². The second-order valence-electron chi connectivity index (χ2n) is 12.8. The number of methoxy groups -OCH3 is 4. The Labute approximate surface area is 313 Å². The van der Waals surface area contributed by atoms with Gasteiger partial charge in [0.1, 0.15) is 23.0 Å². The number of carbonyl (C=O) groups is 2. The molecule has 266 valence electrons. The molecule has 54 heavy (non-hydrogen) atoms. The summed E-state index contributed by atoms with van der Waals surface area (Å²) in [7, 11) is 6.50. The third-order valence-electron chi connectivity index (χ3n) is 9.79. The lowest BCUT2D eigenvalue weighted by molar-refractivity contribution is -0.111. The zero-order valence-electron chi connectivity index (χ0n) is 30.2. The number of hydrogen-bond donors (Lipinski definition) is 0. The van der Waals surface area contributed by atoms with Crippen molar-refractivity contribution >= 4 is 34.1 Å². The van der Waals surface area contributed by atoms with Crippen molar-refractivity contribution in [3.05, 3.63) is 191 Å². The quantitative estimate of drug-likeness (QED) is 0.171. The summed E-state index contributed by atoms with van der Waals surface area (Å²) < 4.78 is 21.5. The molecule has 0 radical (unpaired) electrons. The van der Waals surface area contributed by atoms with Crippen LogP contribution in [0, 0.1) is 0 Å². The van der Waals surface area contributed by atoms with E-state index in [-0.39, 0.29) is 11.6 Å². The largest absolute Gasteiger partial charge is 0.497 e. The van der Waals surface area contributed by atoms with Gasteiger partial charge in [-0.15, -0.1) is 0 Å². The average Bonchev–Trinajstić information content (AvgIpc) is 3.69. The fourth-order valence-corrected chi connectivity index (χ4v) is 7.00. The molecule has 0 spiro atoms. The van der Waals surface area contributed by atoms with Gasteiger partial charge in [0.15, 0.2) is 0 Å². The zero-order chi connectivity index (χ0) is 37.3. The molecule has 0 fully saturated rings. The van der Waals surface area contributed by atoms with Crippen molar-refractivity contribution in [2.45, 2.75) is 0 Å². The standard InChI is InChI=1S/C46H36N2O6/c1-51-35-15-7-31(8-16-35)41-43(33-11-19-37(53-3)20-12-33)47-25-23-29(27-39(47)45(41)49)5-6-30-24-26-48-40(28-30)46(50)42(32-9-17-36(52-2)18-10-32)44(48)34-13-21-38(54-4)22-14-34/h5-28H,1-4H3. The molecule has 0 saturated carbocycles. The molecule has 0 saturated heterocycles. The molecule has 4 aromatic rings. The van der Waals surface area contributed by atoms with E-state index in [1.807, 2.05) is 156 Å². The molecule has 4 aliphatic heterocycles. The van der Waals surface area contributed by atoms with Crippen LogP contribution in [-0.4, -0.2) is 49.8 Å². The summed E-state index contributed by atoms with van der Waals surface area (Å²) in [5.74, 6) is 2.73. The first kappa shape index (κ1) is 34.0. The molecule has 0 N–H and O–H groups in total. The van der Waals surface area contributed by atoms with Crippen LogP contribution < -0.4 is 18.9 Å². The van der Waals surface area contributed by atoms with Gasteiger partial charge >= 0.3 is 0 Å². The summed E-state index contributed by atoms with van der Waals surface area (Å²) in [4.78, 5) is 32.3. The Balaban J connectivity index is 1.12. The van der Waals surface area contributed by atoms with Crippen molar-refractivity contribution in [2.24, 2.45) is 0 Å². The molecule has 0 bridgehead atoms. The van der Waals surface area contributed by atoms with Crippen LogP contribution in [0.2, 0.25) is 0 Å². The van der Waals surface area contributed by atoms with Crippen molar-refractivity contribution in [1.82, 2.24) is 9.80 Å². The number of ketones is 2. The van der Waals surface area contributed by atoms with Gasteiger partial charge in [-0.2, -0.15) is 0 Å². The van der Waals surface area contributed by atoms with Crippen molar-refractivity contribution < 1.29 is 28.5 Å². The van der Waals surface area contributed by atoms with E-state index >= 15 is 0 Å². The third-order valence-corrected chi connectivity index (χ3v) is 9.79. The number of benzene rings is 4. The number of Topliss-reactive ketones (excluding diaryl/α,β-unsaturated/α-hetero) is 2. The minimum atomic E-state index is -0.0797. The second-order valence-corrected chi connectivity index (χ2v) is 12.8. The van der Waals surface area contributed by atoms with Crippen LogP contribution in [0.15, 0.2) is 168 Å². The van der Waals surface area contributed by atoms with Crippen LogP contribution in [0.4, 0.5) is 0 Å². The van der Waals surface area contributed by atoms with Gasteiger partial charge in [-0.1, -0.05) is 36.4 Å². The summed E-state index contributed by atoms with van der Waals surface area (Å²) in [6, 6.07) is 30.5. The zero-order valence-corrected chi connectivity index (χ0v) is 30.2. The molecule has 0 aliphatic carbocycles. The fourth-order valence-electron chi connectivity index (χ4n) is 7.00. The maximum Gasteiger partial charge on any atom is 0.212 e. The molecule has 4 heterocycles. The van der Waals surface area contributed by atoms with E-state index in [0.29, 0.717) is 34.0 Å². The minimum Gasteiger partial charge on any atom is -0.497 e. The van der Waals surface area contributed by atoms with Crippen LogP contribution in [0.25, 0.3) is 22.5 Å². The summed E-state index contributed by atoms with van der Waals surface area (Å²) in [5.41, 5.74) is 8.94. The lowest BCUT2D eigenvalue weighted by Gasteiger charge is -2.23. The topological polar surface area (TPSA) is 77.5 Å². The number of ether oxygens (including phenoxy) is 4. The molecule has 0 atom stereocenters. The Morgan fingerprint density at radius 1 is 0.426 bits per heavy atom. The molecule has 0 aromatic heterocycles. The van der Waals surface area contributed by atoms with Crippen LogP contribution in [0.1, 0.15) is 22.3 Å². The number of rotatable bonds is 9. The molecule has 8 nitrogen and oxygen atoms in total. The van der Waals surface area contributed by atoms with Crippen LogP contribution in [-0.2, 0) is 9.59 Å². The minimum absolute atomic E-state index is 0.0797. The number of fused-ring (bicyclic) bond motifs is 2. The monoisotopic (exact) mass is 712 g/mol. The first-order chi connectivity index (χ1) is 26.4. The Morgan fingerprint density at radius 2 is 0.722 bits per heavy atom. The highest BCUT2D eigenvalue weighted by atomic mass is 16.5. The van der Waals surface area contributed by atoms with E-state index in [4.69, 9.17) is 18.9 Å². The van der Waals surface area contributed by atoms with Gasteiger partial charge in [-0.05, 0) is 131 Å². The van der Waals surface area contributed by atoms with Gasteiger partial charge in [0.2, 0.25) is 11.6 Å². The van der Waals surface area contributed by atoms with Gasteiger partial charge < -0.3 is 28.7 Å². The highest BCUT2D eigenvalue weighted by molar-refractivity contribution is 6.39. The highest BCUT2D eigenvalue weighted by Crippen LogP contribution is 2.45. The summed E-state index contributed by atoms with van der Waals surface area (Å²) in [5, 5.41) is 0. The first-order valence-electron chi connectivity index (χ1n) is 17.4. The van der Waals surface area contributed by atoms with Crippen LogP contribution in [0.3, 0.4) is 0 Å². The Morgan fingerprint density at radius 3 is 1.02 bits per heavy atom. The lowest BCUT2D eigenvalue weighted by Crippen LogP contribution is -2.16. The van der Waals surface area contributed by atoms with E-state index in [9.17, 15) is 9.59 Å². The molecule has 8 rings (SSSR count). The molecule has 0 unspecified atom stereocenters. The predicted octanol–water partition coefficient (Wildman–Crippen LogP) is 8.60. The smallest absolute Gasteiger partial charge is 0.212 e. The summed E-state index contributed by atoms with van der Waals surface area (Å²) >= 11 is 0. The van der Waals surface area contributed by atoms with Crippen molar-refractivity contribution in [1.29, 1.82) is 0 Å². The Bertz CT molecular complexity index is 2250. The summed E-state index contributed by atoms with van der Waals surface area (Å²) in [6.45, 7) is 0. The number of hydrogen-bond acceptors (Lipinski definition) is 8. The molecule has 4 aliphatic rings. The van der Waals surface area contributed by atoms with E-state index < -0.39 is 0 Å². The van der Waals surface area contributed by atoms with E-state index in [1.165, 1.54) is 0 Å². The first-order valence-corrected chi connectivity index (χ1v) is 17.4. The molecule has 8 heteroatoms. The molecule has 4 aromatic carbocycles. The van der Waals surface area contributed by atoms with Gasteiger partial charge in [-0.3, -0.25) is 9.59 Å². The maximum absolute atomic E-state index is 14.2. The highest BCUT2D eigenvalue weighted by Gasteiger charge is 2.38. The third kappa shape index (κ3) is 6.03. The lowest BCUT2D eigenvalue weighted by atomic mass is 9.97. The van der Waals surface area contributed by atoms with Crippen molar-refractivity contribution in [2.75, 3.05) is 28.4 Å². The number of allylic oxidation sites excluding steroid dienone is 10. The number of carbonyl (C=O) groups excluding carboxylic acids is 2. The van der Waals surface area contributed by atoms with Gasteiger partial charge in [-0.25, -0.2) is 0 Å². The average molecular weight is 713 g/mol. The maximum atomic E-state index is 14.2. The molecular weight excluding hydrogens is 677 g/mol. The molecular formula is C46H36N2O6. The summed E-state index contributed by atoms with van der Waals surface area (Å²) in [6.07, 6.45) is 15.5. The Hall–Kier alpha value is -7.06. The van der Waals surface area contributed by atoms with E-state index in [2.05, 4.69) is 0 Å². The molecule has 0 amide bonds. The van der Waals surface area contributed by atoms with Crippen LogP contribution >= 0.6 is 0 Å². The fraction of sp³-hybridized carbons (Fsp3) is 0.0870. The van der Waals surface area contributed by atoms with Crippen molar-refractivity contribution in [3.63, 3.8) is 0 Å². The predicted molar refractivity (Wildman–Crippen MR) is 210 cm³/mol. The van der Waals surface area contributed by atoms with Gasteiger partial charge in [0.25, 0.3) is 0 Å². The van der Waals surface area contributed by atoms with Crippen molar-refractivity contribution in [3.8, 4) is 23.0 Å². The van der Waals surface area contributed by atoms with E-state index in [1.54, 1.807) is 28.4 Å².